The minimum absolute atomic E-state index is 1.23. The first-order valence-corrected chi connectivity index (χ1v) is 15.1. The molecule has 0 aliphatic heterocycles. The molecule has 2 heteroatoms. The van der Waals surface area contributed by atoms with Crippen LogP contribution < -0.4 is 0 Å². The summed E-state index contributed by atoms with van der Waals surface area (Å²) in [7, 11) is 0. The van der Waals surface area contributed by atoms with E-state index in [1.165, 1.54) is 54.3 Å². The lowest BCUT2D eigenvalue weighted by Gasteiger charge is -2.18. The Bertz CT molecular complexity index is 1340. The molecule has 0 nitrogen and oxygen atoms in total. The van der Waals surface area contributed by atoms with Gasteiger partial charge in [0.15, 0.2) is 0 Å². The monoisotopic (exact) mass is 526 g/mol. The van der Waals surface area contributed by atoms with E-state index in [0.717, 1.165) is 0 Å². The van der Waals surface area contributed by atoms with Crippen LogP contribution in [0.1, 0.15) is 33.4 Å². The van der Waals surface area contributed by atoms with Crippen LogP contribution in [0.5, 0.6) is 0 Å². The molecule has 0 aliphatic rings. The number of rotatable bonds is 8. The summed E-state index contributed by atoms with van der Waals surface area (Å²) in [4.78, 5) is 2.54. The van der Waals surface area contributed by atoms with Crippen LogP contribution >= 0.6 is 23.5 Å². The summed E-state index contributed by atoms with van der Waals surface area (Å²) in [5.74, 6) is 0. The minimum atomic E-state index is 1.23. The summed E-state index contributed by atoms with van der Waals surface area (Å²) >= 11 is 3.61. The molecule has 0 N–H and O–H groups in total. The Kier molecular flexibility index (Phi) is 8.65. The Morgan fingerprint density at radius 3 is 0.868 bits per heavy atom. The van der Waals surface area contributed by atoms with E-state index in [1.54, 1.807) is 23.5 Å². The molecular weight excluding hydrogens is 497 g/mol. The summed E-state index contributed by atoms with van der Waals surface area (Å²) in [5.41, 5.74) is 9.88. The van der Waals surface area contributed by atoms with Gasteiger partial charge in [-0.2, -0.15) is 0 Å². The molecule has 5 aromatic rings. The molecule has 0 saturated heterocycles. The predicted molar refractivity (Wildman–Crippen MR) is 171 cm³/mol. The van der Waals surface area contributed by atoms with Gasteiger partial charge >= 0.3 is 0 Å². The van der Waals surface area contributed by atoms with E-state index in [9.17, 15) is 0 Å². The lowest BCUT2D eigenvalue weighted by atomic mass is 9.93. The second-order valence-electron chi connectivity index (χ2n) is 8.86. The second kappa shape index (κ2) is 12.7. The number of hydrogen-bond acceptors (Lipinski definition) is 2. The fourth-order valence-corrected chi connectivity index (χ4v) is 6.41. The molecule has 0 spiro atoms. The van der Waals surface area contributed by atoms with Gasteiger partial charge in [0.05, 0.1) is 0 Å². The van der Waals surface area contributed by atoms with E-state index in [-0.39, 0.29) is 0 Å². The van der Waals surface area contributed by atoms with Gasteiger partial charge in [-0.25, -0.2) is 0 Å². The van der Waals surface area contributed by atoms with Gasteiger partial charge in [-0.1, -0.05) is 140 Å². The largest absolute Gasteiger partial charge is 0.128 e. The van der Waals surface area contributed by atoms with Crippen LogP contribution in [-0.4, -0.2) is 12.5 Å². The van der Waals surface area contributed by atoms with Crippen LogP contribution in [0, 0.1) is 0 Å². The third-order valence-corrected chi connectivity index (χ3v) is 8.20. The quantitative estimate of drug-likeness (QED) is 0.184. The van der Waals surface area contributed by atoms with Crippen LogP contribution in [0.3, 0.4) is 0 Å². The van der Waals surface area contributed by atoms with Crippen molar-refractivity contribution in [2.24, 2.45) is 0 Å². The van der Waals surface area contributed by atoms with Crippen molar-refractivity contribution in [2.75, 3.05) is 12.5 Å². The number of benzene rings is 5. The van der Waals surface area contributed by atoms with E-state index >= 15 is 0 Å². The van der Waals surface area contributed by atoms with Crippen molar-refractivity contribution in [1.29, 1.82) is 0 Å². The second-order valence-corrected chi connectivity index (χ2v) is 10.5. The average molecular weight is 527 g/mol. The van der Waals surface area contributed by atoms with E-state index in [4.69, 9.17) is 0 Å². The highest BCUT2D eigenvalue weighted by Gasteiger charge is 2.17. The smallest absolute Gasteiger partial charge is 0.0226 e. The Hall–Kier alpha value is -3.72. The van der Waals surface area contributed by atoms with Gasteiger partial charge in [-0.3, -0.25) is 0 Å². The van der Waals surface area contributed by atoms with Crippen molar-refractivity contribution in [1.82, 2.24) is 0 Å². The lowest BCUT2D eigenvalue weighted by Crippen LogP contribution is -1.96. The van der Waals surface area contributed by atoms with Gasteiger partial charge in [-0.15, -0.1) is 23.5 Å². The summed E-state index contributed by atoms with van der Waals surface area (Å²) in [5, 5.41) is 0. The van der Waals surface area contributed by atoms with Gasteiger partial charge < -0.3 is 0 Å². The molecule has 0 heterocycles. The summed E-state index contributed by atoms with van der Waals surface area (Å²) < 4.78 is 0. The van der Waals surface area contributed by atoms with Crippen LogP contribution in [0.2, 0.25) is 0 Å². The standard InChI is InChI=1S/C36H30S2/c1-37-35(33(27-16-7-3-8-17-27)28-18-9-4-10-19-28)31-24-15-25-32(26-31)36(38-2)34(29-20-11-5-12-21-29)30-22-13-6-14-23-30/h3-26H,1-2H3. The normalized spacial score (nSPS) is 10.6. The molecule has 0 aromatic heterocycles. The Morgan fingerprint density at radius 2 is 0.605 bits per heavy atom. The van der Waals surface area contributed by atoms with Gasteiger partial charge in [0.2, 0.25) is 0 Å². The summed E-state index contributed by atoms with van der Waals surface area (Å²) in [6.45, 7) is 0. The average Bonchev–Trinajstić information content (AvgIpc) is 3.00. The third kappa shape index (κ3) is 5.72. The molecule has 0 bridgehead atoms. The topological polar surface area (TPSA) is 0 Å². The molecule has 186 valence electrons. The lowest BCUT2D eigenvalue weighted by molar-refractivity contribution is 1.53. The van der Waals surface area contributed by atoms with E-state index < -0.39 is 0 Å². The molecule has 0 radical (unpaired) electrons. The molecule has 0 atom stereocenters. The van der Waals surface area contributed by atoms with Crippen molar-refractivity contribution < 1.29 is 0 Å². The number of hydrogen-bond donors (Lipinski definition) is 0. The summed E-state index contributed by atoms with van der Waals surface area (Å²) in [6, 6.07) is 51.9. The maximum absolute atomic E-state index is 2.36. The molecule has 0 amide bonds. The maximum Gasteiger partial charge on any atom is 0.0226 e. The van der Waals surface area contributed by atoms with Crippen LogP contribution in [0.15, 0.2) is 146 Å². The fraction of sp³-hybridized carbons (Fsp3) is 0.0556. The van der Waals surface area contributed by atoms with Crippen LogP contribution in [0.25, 0.3) is 21.0 Å². The predicted octanol–water partition coefficient (Wildman–Crippen LogP) is 10.2. The first-order chi connectivity index (χ1) is 18.8. The van der Waals surface area contributed by atoms with Crippen LogP contribution in [-0.2, 0) is 0 Å². The molecule has 0 aliphatic carbocycles. The Morgan fingerprint density at radius 1 is 0.342 bits per heavy atom. The molecule has 0 fully saturated rings. The third-order valence-electron chi connectivity index (χ3n) is 6.50. The molecule has 0 saturated carbocycles. The molecule has 38 heavy (non-hydrogen) atoms. The van der Waals surface area contributed by atoms with Crippen molar-refractivity contribution in [3.63, 3.8) is 0 Å². The zero-order valence-corrected chi connectivity index (χ0v) is 23.3. The van der Waals surface area contributed by atoms with Gasteiger partial charge in [0, 0.05) is 21.0 Å². The molecule has 5 aromatic carbocycles. The highest BCUT2D eigenvalue weighted by atomic mass is 32.2. The van der Waals surface area contributed by atoms with E-state index in [2.05, 4.69) is 158 Å². The van der Waals surface area contributed by atoms with E-state index in [1.807, 2.05) is 0 Å². The van der Waals surface area contributed by atoms with E-state index in [0.29, 0.717) is 0 Å². The Labute approximate surface area is 235 Å². The maximum atomic E-state index is 2.36. The van der Waals surface area contributed by atoms with Crippen molar-refractivity contribution in [3.05, 3.63) is 179 Å². The van der Waals surface area contributed by atoms with Gasteiger partial charge in [0.1, 0.15) is 0 Å². The summed E-state index contributed by atoms with van der Waals surface area (Å²) in [6.07, 6.45) is 4.36. The first kappa shape index (κ1) is 25.9. The fourth-order valence-electron chi connectivity index (χ4n) is 4.81. The van der Waals surface area contributed by atoms with Gasteiger partial charge in [0.25, 0.3) is 0 Å². The highest BCUT2D eigenvalue weighted by Crippen LogP contribution is 2.42. The zero-order valence-electron chi connectivity index (χ0n) is 21.7. The minimum Gasteiger partial charge on any atom is -0.128 e. The molecule has 0 unspecified atom stereocenters. The van der Waals surface area contributed by atoms with Gasteiger partial charge in [-0.05, 0) is 52.0 Å². The first-order valence-electron chi connectivity index (χ1n) is 12.7. The highest BCUT2D eigenvalue weighted by molar-refractivity contribution is 8.08. The van der Waals surface area contributed by atoms with Crippen molar-refractivity contribution >= 4 is 44.5 Å². The zero-order chi connectivity index (χ0) is 26.2. The Balaban J connectivity index is 1.74. The van der Waals surface area contributed by atoms with Crippen LogP contribution in [0.4, 0.5) is 0 Å². The SMILES string of the molecule is CSC(=C(c1ccccc1)c1ccccc1)c1cccc(C(SC)=C(c2ccccc2)c2ccccc2)c1. The molecular formula is C36H30S2. The van der Waals surface area contributed by atoms with Crippen molar-refractivity contribution in [2.45, 2.75) is 0 Å². The molecule has 5 rings (SSSR count). The van der Waals surface area contributed by atoms with Crippen molar-refractivity contribution in [3.8, 4) is 0 Å². The number of thioether (sulfide) groups is 2.